The maximum atomic E-state index is 11.6. The van der Waals surface area contributed by atoms with Gasteiger partial charge in [0, 0.05) is 15.4 Å². The van der Waals surface area contributed by atoms with Gasteiger partial charge in [-0.2, -0.15) is 0 Å². The van der Waals surface area contributed by atoms with E-state index in [0.29, 0.717) is 11.1 Å². The smallest absolute Gasteiger partial charge is 0.253 e. The summed E-state index contributed by atoms with van der Waals surface area (Å²) in [5.41, 5.74) is 2.13. The molecular formula is C16H12BrNO3S. The maximum Gasteiger partial charge on any atom is 0.253 e. The minimum atomic E-state index is -3.57. The SMILES string of the molecule is CS(=O)(=O)/N=c1\oc2cc(Br)ccc2cc1-c1ccccc1. The Kier molecular flexibility index (Phi) is 3.88. The quantitative estimate of drug-likeness (QED) is 0.683. The van der Waals surface area contributed by atoms with Crippen molar-refractivity contribution >= 4 is 36.9 Å². The zero-order valence-corrected chi connectivity index (χ0v) is 14.1. The highest BCUT2D eigenvalue weighted by atomic mass is 79.9. The molecule has 6 heteroatoms. The summed E-state index contributed by atoms with van der Waals surface area (Å²) in [6.07, 6.45) is 1.04. The lowest BCUT2D eigenvalue weighted by atomic mass is 10.1. The van der Waals surface area contributed by atoms with E-state index in [0.717, 1.165) is 21.7 Å². The van der Waals surface area contributed by atoms with Gasteiger partial charge in [0.15, 0.2) is 0 Å². The lowest BCUT2D eigenvalue weighted by Crippen LogP contribution is -2.09. The van der Waals surface area contributed by atoms with E-state index in [9.17, 15) is 8.42 Å². The molecule has 112 valence electrons. The van der Waals surface area contributed by atoms with Crippen molar-refractivity contribution in [3.63, 3.8) is 0 Å². The van der Waals surface area contributed by atoms with Gasteiger partial charge in [-0.3, -0.25) is 0 Å². The van der Waals surface area contributed by atoms with Crippen LogP contribution in [0, 0.1) is 0 Å². The molecule has 2 aromatic carbocycles. The molecule has 0 spiro atoms. The number of sulfonamides is 1. The molecule has 3 rings (SSSR count). The predicted octanol–water partition coefficient (Wildman–Crippen LogP) is 3.72. The van der Waals surface area contributed by atoms with Crippen LogP contribution < -0.4 is 5.55 Å². The first-order valence-electron chi connectivity index (χ1n) is 6.47. The molecule has 4 nitrogen and oxygen atoms in total. The average molecular weight is 378 g/mol. The van der Waals surface area contributed by atoms with E-state index >= 15 is 0 Å². The molecule has 0 aliphatic rings. The zero-order valence-electron chi connectivity index (χ0n) is 11.7. The summed E-state index contributed by atoms with van der Waals surface area (Å²) in [6, 6.07) is 16.9. The van der Waals surface area contributed by atoms with Gasteiger partial charge in [-0.25, -0.2) is 8.42 Å². The van der Waals surface area contributed by atoms with Gasteiger partial charge in [0.05, 0.1) is 6.26 Å². The van der Waals surface area contributed by atoms with Crippen molar-refractivity contribution in [3.05, 3.63) is 64.6 Å². The Morgan fingerprint density at radius 3 is 2.45 bits per heavy atom. The summed E-state index contributed by atoms with van der Waals surface area (Å²) in [5.74, 6) is 0. The molecule has 0 fully saturated rings. The van der Waals surface area contributed by atoms with E-state index in [-0.39, 0.29) is 5.55 Å². The second kappa shape index (κ2) is 5.70. The summed E-state index contributed by atoms with van der Waals surface area (Å²) in [4.78, 5) is 0. The number of fused-ring (bicyclic) bond motifs is 1. The largest absolute Gasteiger partial charge is 0.437 e. The van der Waals surface area contributed by atoms with Gasteiger partial charge in [0.25, 0.3) is 10.0 Å². The highest BCUT2D eigenvalue weighted by Gasteiger charge is 2.09. The van der Waals surface area contributed by atoms with Gasteiger partial charge in [-0.1, -0.05) is 52.3 Å². The van der Waals surface area contributed by atoms with Crippen molar-refractivity contribution < 1.29 is 12.8 Å². The standard InChI is InChI=1S/C16H12BrNO3S/c1-22(19,20)18-16-14(11-5-3-2-4-6-11)9-12-7-8-13(17)10-15(12)21-16/h2-10H,1H3/b18-16-. The molecule has 0 atom stereocenters. The summed E-state index contributed by atoms with van der Waals surface area (Å²) >= 11 is 3.37. The average Bonchev–Trinajstić information content (AvgIpc) is 2.45. The highest BCUT2D eigenvalue weighted by Crippen LogP contribution is 2.23. The molecular weight excluding hydrogens is 366 g/mol. The fourth-order valence-electron chi connectivity index (χ4n) is 2.14. The molecule has 0 saturated heterocycles. The van der Waals surface area contributed by atoms with Crippen LogP contribution in [-0.2, 0) is 10.0 Å². The van der Waals surface area contributed by atoms with Crippen LogP contribution in [-0.4, -0.2) is 14.7 Å². The predicted molar refractivity (Wildman–Crippen MR) is 89.8 cm³/mol. The molecule has 0 aliphatic carbocycles. The van der Waals surface area contributed by atoms with Crippen LogP contribution in [0.4, 0.5) is 0 Å². The third-order valence-electron chi connectivity index (χ3n) is 3.05. The fraction of sp³-hybridized carbons (Fsp3) is 0.0625. The van der Waals surface area contributed by atoms with Gasteiger partial charge >= 0.3 is 0 Å². The Morgan fingerprint density at radius 2 is 1.77 bits per heavy atom. The van der Waals surface area contributed by atoms with Crippen LogP contribution in [0.5, 0.6) is 0 Å². The van der Waals surface area contributed by atoms with Gasteiger partial charge in [0.2, 0.25) is 5.55 Å². The molecule has 0 saturated carbocycles. The van der Waals surface area contributed by atoms with Gasteiger partial charge in [-0.05, 0) is 23.8 Å². The van der Waals surface area contributed by atoms with Crippen molar-refractivity contribution in [1.82, 2.24) is 0 Å². The Balaban J connectivity index is 2.41. The number of hydrogen-bond acceptors (Lipinski definition) is 3. The number of benzene rings is 2. The van der Waals surface area contributed by atoms with E-state index in [1.54, 1.807) is 6.07 Å². The fourth-order valence-corrected chi connectivity index (χ4v) is 2.91. The van der Waals surface area contributed by atoms with Gasteiger partial charge < -0.3 is 4.42 Å². The van der Waals surface area contributed by atoms with E-state index in [1.807, 2.05) is 48.5 Å². The lowest BCUT2D eigenvalue weighted by Gasteiger charge is -2.05. The van der Waals surface area contributed by atoms with Crippen LogP contribution in [0.2, 0.25) is 0 Å². The number of halogens is 1. The van der Waals surface area contributed by atoms with Crippen molar-refractivity contribution in [2.45, 2.75) is 0 Å². The molecule has 1 heterocycles. The monoisotopic (exact) mass is 377 g/mol. The summed E-state index contributed by atoms with van der Waals surface area (Å²) in [7, 11) is -3.57. The van der Waals surface area contributed by atoms with Gasteiger partial charge in [0.1, 0.15) is 5.58 Å². The van der Waals surface area contributed by atoms with E-state index in [2.05, 4.69) is 20.3 Å². The molecule has 3 aromatic rings. The molecule has 0 radical (unpaired) electrons. The van der Waals surface area contributed by atoms with Crippen LogP contribution in [0.3, 0.4) is 0 Å². The highest BCUT2D eigenvalue weighted by molar-refractivity contribution is 9.10. The molecule has 22 heavy (non-hydrogen) atoms. The summed E-state index contributed by atoms with van der Waals surface area (Å²) < 4.78 is 33.4. The number of rotatable bonds is 2. The molecule has 0 bridgehead atoms. The minimum absolute atomic E-state index is 0.0827. The first-order valence-corrected chi connectivity index (χ1v) is 9.11. The second-order valence-electron chi connectivity index (χ2n) is 4.84. The van der Waals surface area contributed by atoms with Crippen molar-refractivity contribution in [3.8, 4) is 11.1 Å². The molecule has 0 aliphatic heterocycles. The van der Waals surface area contributed by atoms with Gasteiger partial charge in [-0.15, -0.1) is 4.40 Å². The Bertz CT molecular complexity index is 1010. The lowest BCUT2D eigenvalue weighted by molar-refractivity contribution is 0.544. The van der Waals surface area contributed by atoms with Crippen molar-refractivity contribution in [1.29, 1.82) is 0 Å². The number of nitrogens with zero attached hydrogens (tertiary/aromatic N) is 1. The topological polar surface area (TPSA) is 59.6 Å². The Morgan fingerprint density at radius 1 is 1.05 bits per heavy atom. The third kappa shape index (κ3) is 3.28. The third-order valence-corrected chi connectivity index (χ3v) is 4.04. The number of hydrogen-bond donors (Lipinski definition) is 0. The van der Waals surface area contributed by atoms with Crippen LogP contribution in [0.25, 0.3) is 22.1 Å². The Hall–Kier alpha value is -1.92. The van der Waals surface area contributed by atoms with Crippen LogP contribution in [0.1, 0.15) is 0 Å². The van der Waals surface area contributed by atoms with Crippen molar-refractivity contribution in [2.24, 2.45) is 4.40 Å². The summed E-state index contributed by atoms with van der Waals surface area (Å²) in [6.45, 7) is 0. The molecule has 0 N–H and O–H groups in total. The van der Waals surface area contributed by atoms with Crippen LogP contribution in [0.15, 0.2) is 67.9 Å². The first-order chi connectivity index (χ1) is 10.4. The second-order valence-corrected chi connectivity index (χ2v) is 7.40. The van der Waals surface area contributed by atoms with E-state index < -0.39 is 10.0 Å². The summed E-state index contributed by atoms with van der Waals surface area (Å²) in [5, 5.41) is 0.870. The Labute approximate surface area is 136 Å². The zero-order chi connectivity index (χ0) is 15.7. The van der Waals surface area contributed by atoms with E-state index in [4.69, 9.17) is 4.42 Å². The molecule has 0 amide bonds. The van der Waals surface area contributed by atoms with Crippen LogP contribution >= 0.6 is 15.9 Å². The minimum Gasteiger partial charge on any atom is -0.437 e. The molecule has 0 unspecified atom stereocenters. The maximum absolute atomic E-state index is 11.6. The van der Waals surface area contributed by atoms with Crippen molar-refractivity contribution in [2.75, 3.05) is 6.26 Å². The normalized spacial score (nSPS) is 12.7. The van der Waals surface area contributed by atoms with E-state index in [1.165, 1.54) is 0 Å². The first kappa shape index (κ1) is 15.0. The molecule has 1 aromatic heterocycles.